The molecule has 4 heteroatoms. The fourth-order valence-corrected chi connectivity index (χ4v) is 2.11. The van der Waals surface area contributed by atoms with Gasteiger partial charge in [-0.05, 0) is 33.4 Å². The summed E-state index contributed by atoms with van der Waals surface area (Å²) < 4.78 is 4.97. The normalized spacial score (nSPS) is 22.7. The van der Waals surface area contributed by atoms with Crippen LogP contribution >= 0.6 is 0 Å². The topological polar surface area (TPSA) is 41.6 Å². The van der Waals surface area contributed by atoms with Crippen molar-refractivity contribution >= 4 is 5.97 Å². The average Bonchev–Trinajstić information content (AvgIpc) is 2.21. The van der Waals surface area contributed by atoms with E-state index in [-0.39, 0.29) is 5.97 Å². The van der Waals surface area contributed by atoms with E-state index in [1.54, 1.807) is 0 Å². The molecule has 1 aliphatic heterocycles. The van der Waals surface area contributed by atoms with Crippen LogP contribution in [0.5, 0.6) is 0 Å². The Morgan fingerprint density at radius 2 is 2.33 bits per heavy atom. The average molecular weight is 214 g/mol. The Kier molecular flexibility index (Phi) is 5.65. The first-order valence-corrected chi connectivity index (χ1v) is 5.82. The van der Waals surface area contributed by atoms with Gasteiger partial charge in [-0.3, -0.25) is 9.69 Å². The zero-order valence-corrected chi connectivity index (χ0v) is 9.79. The summed E-state index contributed by atoms with van der Waals surface area (Å²) in [6, 6.07) is 0.494. The van der Waals surface area contributed by atoms with Crippen LogP contribution in [-0.2, 0) is 9.53 Å². The molecule has 0 aromatic carbocycles. The van der Waals surface area contributed by atoms with Crippen molar-refractivity contribution in [2.75, 3.05) is 33.3 Å². The van der Waals surface area contributed by atoms with Gasteiger partial charge in [0.2, 0.25) is 0 Å². The number of esters is 1. The quantitative estimate of drug-likeness (QED) is 0.681. The van der Waals surface area contributed by atoms with Crippen LogP contribution in [0, 0.1) is 0 Å². The molecule has 0 aromatic rings. The molecule has 4 nitrogen and oxygen atoms in total. The number of carbonyl (C=O) groups is 1. The molecular formula is C11H22N2O2. The smallest absolute Gasteiger partial charge is 0.320 e. The minimum absolute atomic E-state index is 0.0968. The summed E-state index contributed by atoms with van der Waals surface area (Å²) in [5.74, 6) is -0.0968. The van der Waals surface area contributed by atoms with Crippen molar-refractivity contribution in [2.45, 2.75) is 32.2 Å². The van der Waals surface area contributed by atoms with Crippen LogP contribution in [0.15, 0.2) is 0 Å². The lowest BCUT2D eigenvalue weighted by Crippen LogP contribution is -2.47. The highest BCUT2D eigenvalue weighted by Gasteiger charge is 2.23. The number of carbonyl (C=O) groups excluding carboxylic acids is 1. The number of nitrogens with zero attached hydrogens (tertiary/aromatic N) is 1. The summed E-state index contributed by atoms with van der Waals surface area (Å²) in [5.41, 5.74) is 0. The van der Waals surface area contributed by atoms with Crippen LogP contribution in [0.1, 0.15) is 26.2 Å². The van der Waals surface area contributed by atoms with Gasteiger partial charge in [0.25, 0.3) is 0 Å². The molecule has 1 rings (SSSR count). The van der Waals surface area contributed by atoms with Crippen LogP contribution in [0.25, 0.3) is 0 Å². The van der Waals surface area contributed by atoms with Gasteiger partial charge in [-0.1, -0.05) is 6.42 Å². The van der Waals surface area contributed by atoms with E-state index in [9.17, 15) is 4.79 Å². The zero-order chi connectivity index (χ0) is 11.1. The summed E-state index contributed by atoms with van der Waals surface area (Å²) in [6.07, 6.45) is 3.64. The SMILES string of the molecule is CCOC(=O)CN1CCCCC1CNC. The maximum atomic E-state index is 11.4. The molecule has 1 heterocycles. The van der Waals surface area contributed by atoms with E-state index in [0.717, 1.165) is 13.1 Å². The molecule has 88 valence electrons. The number of likely N-dealkylation sites (N-methyl/N-ethyl adjacent to an activating group) is 1. The molecule has 1 N–H and O–H groups in total. The molecule has 1 atom stereocenters. The molecule has 1 unspecified atom stereocenters. The summed E-state index contributed by atoms with van der Waals surface area (Å²) in [5, 5.41) is 3.18. The standard InChI is InChI=1S/C11H22N2O2/c1-3-15-11(14)9-13-7-5-4-6-10(13)8-12-2/h10,12H,3-9H2,1-2H3. The van der Waals surface area contributed by atoms with E-state index in [2.05, 4.69) is 10.2 Å². The Hall–Kier alpha value is -0.610. The Balaban J connectivity index is 2.38. The molecule has 0 saturated carbocycles. The van der Waals surface area contributed by atoms with Crippen LogP contribution in [0.3, 0.4) is 0 Å². The lowest BCUT2D eigenvalue weighted by molar-refractivity contribution is -0.145. The van der Waals surface area contributed by atoms with Crippen molar-refractivity contribution in [3.63, 3.8) is 0 Å². The molecule has 0 radical (unpaired) electrons. The van der Waals surface area contributed by atoms with Crippen molar-refractivity contribution in [1.82, 2.24) is 10.2 Å². The van der Waals surface area contributed by atoms with Crippen molar-refractivity contribution < 1.29 is 9.53 Å². The highest BCUT2D eigenvalue weighted by molar-refractivity contribution is 5.71. The highest BCUT2D eigenvalue weighted by atomic mass is 16.5. The van der Waals surface area contributed by atoms with Gasteiger partial charge in [0.05, 0.1) is 13.2 Å². The number of ether oxygens (including phenoxy) is 1. The van der Waals surface area contributed by atoms with Gasteiger partial charge >= 0.3 is 5.97 Å². The van der Waals surface area contributed by atoms with E-state index in [4.69, 9.17) is 4.74 Å². The molecule has 0 aromatic heterocycles. The Morgan fingerprint density at radius 3 is 3.00 bits per heavy atom. The Labute approximate surface area is 92.0 Å². The van der Waals surface area contributed by atoms with E-state index in [1.165, 1.54) is 19.3 Å². The number of likely N-dealkylation sites (tertiary alicyclic amines) is 1. The van der Waals surface area contributed by atoms with E-state index in [0.29, 0.717) is 19.2 Å². The third-order valence-corrected chi connectivity index (χ3v) is 2.83. The Bertz CT molecular complexity index is 195. The molecule has 1 aliphatic rings. The first-order valence-electron chi connectivity index (χ1n) is 5.82. The fraction of sp³-hybridized carbons (Fsp3) is 0.909. The minimum atomic E-state index is -0.0968. The highest BCUT2D eigenvalue weighted by Crippen LogP contribution is 2.15. The van der Waals surface area contributed by atoms with Gasteiger partial charge in [-0.2, -0.15) is 0 Å². The number of hydrogen-bond donors (Lipinski definition) is 1. The van der Waals surface area contributed by atoms with Crippen molar-refractivity contribution in [2.24, 2.45) is 0 Å². The Morgan fingerprint density at radius 1 is 1.53 bits per heavy atom. The molecule has 15 heavy (non-hydrogen) atoms. The predicted octanol–water partition coefficient (Wildman–Crippen LogP) is 0.623. The van der Waals surface area contributed by atoms with Gasteiger partial charge in [-0.15, -0.1) is 0 Å². The summed E-state index contributed by atoms with van der Waals surface area (Å²) in [6.45, 7) is 4.74. The predicted molar refractivity (Wildman–Crippen MR) is 59.8 cm³/mol. The number of piperidine rings is 1. The van der Waals surface area contributed by atoms with Crippen LogP contribution < -0.4 is 5.32 Å². The molecule has 0 spiro atoms. The molecule has 0 aliphatic carbocycles. The van der Waals surface area contributed by atoms with Gasteiger partial charge in [0, 0.05) is 12.6 Å². The third-order valence-electron chi connectivity index (χ3n) is 2.83. The maximum Gasteiger partial charge on any atom is 0.320 e. The maximum absolute atomic E-state index is 11.4. The lowest BCUT2D eigenvalue weighted by atomic mass is 10.0. The van der Waals surface area contributed by atoms with E-state index < -0.39 is 0 Å². The second kappa shape index (κ2) is 6.80. The lowest BCUT2D eigenvalue weighted by Gasteiger charge is -2.34. The van der Waals surface area contributed by atoms with Gasteiger partial charge in [0.1, 0.15) is 0 Å². The van der Waals surface area contributed by atoms with Crippen molar-refractivity contribution in [1.29, 1.82) is 0 Å². The van der Waals surface area contributed by atoms with Crippen LogP contribution in [0.2, 0.25) is 0 Å². The second-order valence-corrected chi connectivity index (χ2v) is 3.98. The van der Waals surface area contributed by atoms with Gasteiger partial charge in [0.15, 0.2) is 0 Å². The molecule has 0 bridgehead atoms. The van der Waals surface area contributed by atoms with Gasteiger partial charge < -0.3 is 10.1 Å². The third kappa shape index (κ3) is 4.18. The van der Waals surface area contributed by atoms with Crippen LogP contribution in [0.4, 0.5) is 0 Å². The monoisotopic (exact) mass is 214 g/mol. The number of rotatable bonds is 5. The first kappa shape index (κ1) is 12.5. The molecule has 1 fully saturated rings. The molecule has 1 saturated heterocycles. The second-order valence-electron chi connectivity index (χ2n) is 3.98. The molecular weight excluding hydrogens is 192 g/mol. The fourth-order valence-electron chi connectivity index (χ4n) is 2.11. The number of nitrogens with one attached hydrogen (secondary N) is 1. The van der Waals surface area contributed by atoms with E-state index in [1.807, 2.05) is 14.0 Å². The van der Waals surface area contributed by atoms with Gasteiger partial charge in [-0.25, -0.2) is 0 Å². The zero-order valence-electron chi connectivity index (χ0n) is 9.79. The van der Waals surface area contributed by atoms with Crippen molar-refractivity contribution in [3.05, 3.63) is 0 Å². The summed E-state index contributed by atoms with van der Waals surface area (Å²) in [7, 11) is 1.96. The minimum Gasteiger partial charge on any atom is -0.465 e. The largest absolute Gasteiger partial charge is 0.465 e. The number of hydrogen-bond acceptors (Lipinski definition) is 4. The van der Waals surface area contributed by atoms with Crippen LogP contribution in [-0.4, -0.2) is 50.2 Å². The van der Waals surface area contributed by atoms with Crippen molar-refractivity contribution in [3.8, 4) is 0 Å². The molecule has 0 amide bonds. The summed E-state index contributed by atoms with van der Waals surface area (Å²) >= 11 is 0. The van der Waals surface area contributed by atoms with E-state index >= 15 is 0 Å². The summed E-state index contributed by atoms with van der Waals surface area (Å²) in [4.78, 5) is 13.6. The first-order chi connectivity index (χ1) is 7.27.